The van der Waals surface area contributed by atoms with Crippen LogP contribution in [0.3, 0.4) is 0 Å². The number of nitrogens with one attached hydrogen (secondary N) is 1. The molecule has 1 fully saturated rings. The number of hydrogen-bond acceptors (Lipinski definition) is 6. The van der Waals surface area contributed by atoms with Crippen LogP contribution in [0.2, 0.25) is 0 Å². The van der Waals surface area contributed by atoms with E-state index in [2.05, 4.69) is 31.9 Å². The number of ether oxygens (including phenoxy) is 1. The number of methoxy groups -OCH3 is 1. The number of rotatable bonds is 9. The minimum Gasteiger partial charge on any atom is -0.497 e. The Bertz CT molecular complexity index is 1060. The SMILES string of the molecule is COc1ccc(-n2c(SCC(=O)N[C@H](C)c3ccccc3)nnc2[C@@H](C)N2CCCCC2)cc1. The minimum absolute atomic E-state index is 0.0312. The molecular weight excluding hydrogens is 446 g/mol. The van der Waals surface area contributed by atoms with Gasteiger partial charge in [-0.25, -0.2) is 0 Å². The number of piperidine rings is 1. The van der Waals surface area contributed by atoms with Crippen molar-refractivity contribution in [2.24, 2.45) is 0 Å². The zero-order valence-electron chi connectivity index (χ0n) is 20.1. The summed E-state index contributed by atoms with van der Waals surface area (Å²) in [7, 11) is 1.66. The van der Waals surface area contributed by atoms with Crippen molar-refractivity contribution in [3.8, 4) is 11.4 Å². The summed E-state index contributed by atoms with van der Waals surface area (Å²) in [5, 5.41) is 12.9. The number of amides is 1. The Balaban J connectivity index is 1.52. The van der Waals surface area contributed by atoms with Crippen LogP contribution in [0.15, 0.2) is 59.8 Å². The maximum atomic E-state index is 12.7. The average molecular weight is 480 g/mol. The number of benzene rings is 2. The summed E-state index contributed by atoms with van der Waals surface area (Å²) in [4.78, 5) is 15.2. The number of nitrogens with zero attached hydrogens (tertiary/aromatic N) is 4. The first-order valence-electron chi connectivity index (χ1n) is 11.9. The van der Waals surface area contributed by atoms with Gasteiger partial charge in [-0.1, -0.05) is 48.5 Å². The van der Waals surface area contributed by atoms with Crippen molar-refractivity contribution in [2.45, 2.75) is 50.4 Å². The summed E-state index contributed by atoms with van der Waals surface area (Å²) in [5.74, 6) is 1.93. The lowest BCUT2D eigenvalue weighted by Gasteiger charge is -2.31. The van der Waals surface area contributed by atoms with Gasteiger partial charge in [0.05, 0.1) is 24.9 Å². The maximum absolute atomic E-state index is 12.7. The molecule has 2 aromatic carbocycles. The summed E-state index contributed by atoms with van der Waals surface area (Å²) in [6, 6.07) is 18.0. The quantitative estimate of drug-likeness (QED) is 0.445. The Hall–Kier alpha value is -2.84. The van der Waals surface area contributed by atoms with Crippen LogP contribution in [0.4, 0.5) is 0 Å². The van der Waals surface area contributed by atoms with E-state index in [-0.39, 0.29) is 23.7 Å². The van der Waals surface area contributed by atoms with E-state index >= 15 is 0 Å². The number of thioether (sulfide) groups is 1. The molecule has 0 spiro atoms. The van der Waals surface area contributed by atoms with Gasteiger partial charge in [-0.15, -0.1) is 10.2 Å². The van der Waals surface area contributed by atoms with E-state index in [0.717, 1.165) is 35.9 Å². The molecule has 1 saturated heterocycles. The van der Waals surface area contributed by atoms with E-state index < -0.39 is 0 Å². The monoisotopic (exact) mass is 479 g/mol. The summed E-state index contributed by atoms with van der Waals surface area (Å²) in [5.41, 5.74) is 2.05. The second-order valence-electron chi connectivity index (χ2n) is 8.64. The molecule has 34 heavy (non-hydrogen) atoms. The Labute approximate surface area is 205 Å². The average Bonchev–Trinajstić information content (AvgIpc) is 3.32. The second-order valence-corrected chi connectivity index (χ2v) is 9.58. The highest BCUT2D eigenvalue weighted by atomic mass is 32.2. The molecule has 1 aromatic heterocycles. The molecule has 1 aliphatic rings. The third-order valence-corrected chi connectivity index (χ3v) is 7.24. The highest BCUT2D eigenvalue weighted by Crippen LogP contribution is 2.30. The van der Waals surface area contributed by atoms with Gasteiger partial charge in [0, 0.05) is 5.69 Å². The lowest BCUT2D eigenvalue weighted by molar-refractivity contribution is -0.119. The Morgan fingerprint density at radius 3 is 2.41 bits per heavy atom. The smallest absolute Gasteiger partial charge is 0.230 e. The lowest BCUT2D eigenvalue weighted by Crippen LogP contribution is -2.33. The summed E-state index contributed by atoms with van der Waals surface area (Å²) >= 11 is 1.41. The van der Waals surface area contributed by atoms with Crippen LogP contribution in [-0.2, 0) is 4.79 Å². The van der Waals surface area contributed by atoms with E-state index in [1.165, 1.54) is 31.0 Å². The van der Waals surface area contributed by atoms with Crippen LogP contribution in [0.1, 0.15) is 56.6 Å². The summed E-state index contributed by atoms with van der Waals surface area (Å²) in [6.07, 6.45) is 3.71. The molecule has 1 aliphatic heterocycles. The molecule has 0 aliphatic carbocycles. The summed E-state index contributed by atoms with van der Waals surface area (Å²) in [6.45, 7) is 6.33. The van der Waals surface area contributed by atoms with Gasteiger partial charge >= 0.3 is 0 Å². The molecule has 7 nitrogen and oxygen atoms in total. The van der Waals surface area contributed by atoms with Crippen LogP contribution in [0.25, 0.3) is 5.69 Å². The largest absolute Gasteiger partial charge is 0.497 e. The number of likely N-dealkylation sites (tertiary alicyclic amines) is 1. The van der Waals surface area contributed by atoms with Crippen LogP contribution >= 0.6 is 11.8 Å². The molecule has 1 amide bonds. The fraction of sp³-hybridized carbons (Fsp3) is 0.423. The molecule has 4 rings (SSSR count). The predicted molar refractivity (Wildman–Crippen MR) is 135 cm³/mol. The zero-order chi connectivity index (χ0) is 23.9. The molecule has 1 N–H and O–H groups in total. The number of carbonyl (C=O) groups excluding carboxylic acids is 1. The third kappa shape index (κ3) is 5.80. The van der Waals surface area contributed by atoms with Gasteiger partial charge in [-0.3, -0.25) is 14.3 Å². The molecule has 2 heterocycles. The van der Waals surface area contributed by atoms with E-state index in [9.17, 15) is 4.79 Å². The zero-order valence-corrected chi connectivity index (χ0v) is 20.9. The van der Waals surface area contributed by atoms with Crippen molar-refractivity contribution in [2.75, 3.05) is 26.0 Å². The molecule has 180 valence electrons. The van der Waals surface area contributed by atoms with Gasteiger partial charge in [0.1, 0.15) is 5.75 Å². The molecule has 3 aromatic rings. The first-order valence-corrected chi connectivity index (χ1v) is 12.9. The van der Waals surface area contributed by atoms with Crippen LogP contribution in [0, 0.1) is 0 Å². The standard InChI is InChI=1S/C26H33N5O2S/c1-19(21-10-6-4-7-11-21)27-24(32)18-34-26-29-28-25(20(2)30-16-8-5-9-17-30)31(26)22-12-14-23(33-3)15-13-22/h4,6-7,10-15,19-20H,5,8-9,16-18H2,1-3H3,(H,27,32)/t19-,20-/m1/s1. The first-order chi connectivity index (χ1) is 16.6. The fourth-order valence-corrected chi connectivity index (χ4v) is 5.10. The molecular formula is C26H33N5O2S. The van der Waals surface area contributed by atoms with E-state index in [1.54, 1.807) is 7.11 Å². The van der Waals surface area contributed by atoms with Crippen LogP contribution in [-0.4, -0.2) is 51.5 Å². The Kier molecular flexibility index (Phi) is 8.24. The van der Waals surface area contributed by atoms with Gasteiger partial charge in [-0.2, -0.15) is 0 Å². The van der Waals surface area contributed by atoms with E-state index in [4.69, 9.17) is 4.74 Å². The van der Waals surface area contributed by atoms with Gasteiger partial charge in [-0.05, 0) is 69.6 Å². The van der Waals surface area contributed by atoms with Crippen LogP contribution < -0.4 is 10.1 Å². The molecule has 0 saturated carbocycles. The fourth-order valence-electron chi connectivity index (χ4n) is 4.33. The molecule has 0 radical (unpaired) electrons. The van der Waals surface area contributed by atoms with Gasteiger partial charge in [0.25, 0.3) is 0 Å². The van der Waals surface area contributed by atoms with Crippen molar-refractivity contribution >= 4 is 17.7 Å². The highest BCUT2D eigenvalue weighted by Gasteiger charge is 2.26. The second kappa shape index (κ2) is 11.5. The predicted octanol–water partition coefficient (Wildman–Crippen LogP) is 4.79. The van der Waals surface area contributed by atoms with Crippen molar-refractivity contribution in [3.63, 3.8) is 0 Å². The topological polar surface area (TPSA) is 72.3 Å². The van der Waals surface area contributed by atoms with E-state index in [0.29, 0.717) is 5.16 Å². The van der Waals surface area contributed by atoms with Crippen molar-refractivity contribution in [1.29, 1.82) is 0 Å². The third-order valence-electron chi connectivity index (χ3n) is 6.31. The molecule has 2 atom stereocenters. The minimum atomic E-state index is -0.0524. The Morgan fingerprint density at radius 2 is 1.74 bits per heavy atom. The normalized spacial score (nSPS) is 16.1. The number of hydrogen-bond donors (Lipinski definition) is 1. The van der Waals surface area contributed by atoms with E-state index in [1.807, 2.05) is 61.5 Å². The maximum Gasteiger partial charge on any atom is 0.230 e. The molecule has 8 heteroatoms. The van der Waals surface area contributed by atoms with Crippen molar-refractivity contribution in [1.82, 2.24) is 25.0 Å². The van der Waals surface area contributed by atoms with Gasteiger partial charge in [0.15, 0.2) is 11.0 Å². The van der Waals surface area contributed by atoms with Gasteiger partial charge < -0.3 is 10.1 Å². The van der Waals surface area contributed by atoms with Crippen molar-refractivity contribution < 1.29 is 9.53 Å². The highest BCUT2D eigenvalue weighted by molar-refractivity contribution is 7.99. The first kappa shape index (κ1) is 24.3. The lowest BCUT2D eigenvalue weighted by atomic mass is 10.1. The number of aromatic nitrogens is 3. The number of carbonyl (C=O) groups is 1. The summed E-state index contributed by atoms with van der Waals surface area (Å²) < 4.78 is 7.42. The molecule has 0 bridgehead atoms. The molecule has 0 unspecified atom stereocenters. The van der Waals surface area contributed by atoms with Gasteiger partial charge in [0.2, 0.25) is 5.91 Å². The van der Waals surface area contributed by atoms with Crippen LogP contribution in [0.5, 0.6) is 5.75 Å². The van der Waals surface area contributed by atoms with Crippen molar-refractivity contribution in [3.05, 3.63) is 66.0 Å². The Morgan fingerprint density at radius 1 is 1.03 bits per heavy atom.